The summed E-state index contributed by atoms with van der Waals surface area (Å²) in [6.45, 7) is 2.13. The van der Waals surface area contributed by atoms with Gasteiger partial charge in [0, 0.05) is 24.7 Å². The van der Waals surface area contributed by atoms with Crippen molar-refractivity contribution in [2.75, 3.05) is 13.1 Å². The van der Waals surface area contributed by atoms with Crippen molar-refractivity contribution in [1.82, 2.24) is 14.3 Å². The summed E-state index contributed by atoms with van der Waals surface area (Å²) in [6.07, 6.45) is 4.00. The Labute approximate surface area is 164 Å². The van der Waals surface area contributed by atoms with Gasteiger partial charge in [0.1, 0.15) is 4.83 Å². The fraction of sp³-hybridized carbons (Fsp3) is 0.300. The molecule has 0 unspecified atom stereocenters. The van der Waals surface area contributed by atoms with Crippen molar-refractivity contribution in [2.45, 2.75) is 25.6 Å². The molecule has 1 aliphatic rings. The molecule has 4 heterocycles. The summed E-state index contributed by atoms with van der Waals surface area (Å²) in [4.78, 5) is 22.1. The van der Waals surface area contributed by atoms with E-state index < -0.39 is 0 Å². The normalized spacial score (nSPS) is 15.8. The van der Waals surface area contributed by atoms with Gasteiger partial charge in [-0.25, -0.2) is 4.98 Å². The summed E-state index contributed by atoms with van der Waals surface area (Å²) in [5.41, 5.74) is 2.22. The van der Waals surface area contributed by atoms with Crippen LogP contribution in [0.2, 0.25) is 0 Å². The lowest BCUT2D eigenvalue weighted by Gasteiger charge is -2.31. The number of ether oxygens (including phenoxy) is 1. The van der Waals surface area contributed by atoms with Crippen LogP contribution in [0.1, 0.15) is 28.1 Å². The average molecular weight is 398 g/mol. The summed E-state index contributed by atoms with van der Waals surface area (Å²) in [7, 11) is 0. The van der Waals surface area contributed by atoms with Crippen molar-refractivity contribution in [2.24, 2.45) is 0 Å². The highest BCUT2D eigenvalue weighted by atomic mass is 32.1. The Bertz CT molecular complexity index is 1070. The van der Waals surface area contributed by atoms with E-state index in [4.69, 9.17) is 4.74 Å². The first-order valence-corrected chi connectivity index (χ1v) is 10.8. The summed E-state index contributed by atoms with van der Waals surface area (Å²) in [5, 5.41) is 2.02. The van der Waals surface area contributed by atoms with Crippen molar-refractivity contribution in [1.29, 1.82) is 0 Å². The molecule has 1 amide bonds. The van der Waals surface area contributed by atoms with Crippen molar-refractivity contribution in [3.8, 4) is 0 Å². The van der Waals surface area contributed by atoms with Gasteiger partial charge in [0.05, 0.1) is 23.1 Å². The van der Waals surface area contributed by atoms with Gasteiger partial charge in [0.15, 0.2) is 4.96 Å². The zero-order valence-corrected chi connectivity index (χ0v) is 16.3. The zero-order chi connectivity index (χ0) is 18.2. The summed E-state index contributed by atoms with van der Waals surface area (Å²) >= 11 is 3.10. The predicted octanol–water partition coefficient (Wildman–Crippen LogP) is 4.43. The Hall–Kier alpha value is -2.22. The topological polar surface area (TPSA) is 46.8 Å². The number of carbonyl (C=O) groups excluding carboxylic acids is 1. The van der Waals surface area contributed by atoms with Crippen molar-refractivity contribution in [3.63, 3.8) is 0 Å². The summed E-state index contributed by atoms with van der Waals surface area (Å²) < 4.78 is 8.08. The van der Waals surface area contributed by atoms with Crippen LogP contribution in [0.25, 0.3) is 15.3 Å². The number of amides is 1. The van der Waals surface area contributed by atoms with Crippen LogP contribution < -0.4 is 0 Å². The Balaban J connectivity index is 1.21. The second-order valence-electron chi connectivity index (χ2n) is 6.76. The molecule has 0 radical (unpaired) electrons. The molecule has 0 atom stereocenters. The van der Waals surface area contributed by atoms with Gasteiger partial charge in [-0.3, -0.25) is 9.20 Å². The monoisotopic (exact) mass is 397 g/mol. The molecule has 138 valence electrons. The lowest BCUT2D eigenvalue weighted by atomic mass is 10.1. The Morgan fingerprint density at radius 1 is 1.22 bits per heavy atom. The van der Waals surface area contributed by atoms with Gasteiger partial charge in [0.25, 0.3) is 5.91 Å². The molecule has 4 aromatic rings. The molecule has 0 bridgehead atoms. The van der Waals surface area contributed by atoms with E-state index in [1.54, 1.807) is 11.3 Å². The van der Waals surface area contributed by atoms with Crippen LogP contribution in [0.15, 0.2) is 48.0 Å². The average Bonchev–Trinajstić information content (AvgIpc) is 3.39. The molecule has 3 aromatic heterocycles. The fourth-order valence-electron chi connectivity index (χ4n) is 3.52. The Morgan fingerprint density at radius 3 is 2.85 bits per heavy atom. The van der Waals surface area contributed by atoms with Gasteiger partial charge in [0.2, 0.25) is 0 Å². The molecule has 0 aliphatic carbocycles. The largest absolute Gasteiger partial charge is 0.373 e. The van der Waals surface area contributed by atoms with Crippen molar-refractivity contribution in [3.05, 3.63) is 58.4 Å². The van der Waals surface area contributed by atoms with E-state index in [-0.39, 0.29) is 12.0 Å². The number of thiophene rings is 1. The van der Waals surface area contributed by atoms with Gasteiger partial charge >= 0.3 is 0 Å². The maximum Gasteiger partial charge on any atom is 0.264 e. The number of hydrogen-bond acceptors (Lipinski definition) is 5. The molecule has 27 heavy (non-hydrogen) atoms. The number of rotatable bonds is 4. The highest BCUT2D eigenvalue weighted by molar-refractivity contribution is 7.21. The number of imidazole rings is 1. The number of fused-ring (bicyclic) bond motifs is 3. The van der Waals surface area contributed by atoms with Gasteiger partial charge in [-0.2, -0.15) is 0 Å². The summed E-state index contributed by atoms with van der Waals surface area (Å²) in [5.74, 6) is 0.114. The number of thiazole rings is 1. The molecule has 5 nitrogen and oxygen atoms in total. The van der Waals surface area contributed by atoms with Gasteiger partial charge in [-0.1, -0.05) is 30.3 Å². The standard InChI is InChI=1S/C20H19N3O2S2/c24-19(17-12-16-18(27-17)21-20-23(16)10-11-26-20)22-8-6-15(7-9-22)25-13-14-4-2-1-3-5-14/h1-5,10-12,15H,6-9,13H2. The summed E-state index contributed by atoms with van der Waals surface area (Å²) in [6, 6.07) is 12.2. The van der Waals surface area contributed by atoms with E-state index in [0.717, 1.165) is 46.1 Å². The number of hydrogen-bond donors (Lipinski definition) is 0. The Morgan fingerprint density at radius 2 is 2.04 bits per heavy atom. The van der Waals surface area contributed by atoms with Gasteiger partial charge in [-0.15, -0.1) is 22.7 Å². The lowest BCUT2D eigenvalue weighted by Crippen LogP contribution is -2.40. The third-order valence-corrected chi connectivity index (χ3v) is 6.77. The fourth-order valence-corrected chi connectivity index (χ4v) is 5.29. The van der Waals surface area contributed by atoms with Crippen LogP contribution >= 0.6 is 22.7 Å². The van der Waals surface area contributed by atoms with Crippen LogP contribution in [0.3, 0.4) is 0 Å². The van der Waals surface area contributed by atoms with Crippen molar-refractivity contribution < 1.29 is 9.53 Å². The van der Waals surface area contributed by atoms with Crippen LogP contribution in [-0.4, -0.2) is 39.4 Å². The molecule has 0 spiro atoms. The van der Waals surface area contributed by atoms with Crippen LogP contribution in [0, 0.1) is 0 Å². The first-order chi connectivity index (χ1) is 13.3. The van der Waals surface area contributed by atoms with E-state index in [1.165, 1.54) is 16.9 Å². The minimum atomic E-state index is 0.114. The number of nitrogens with zero attached hydrogens (tertiary/aromatic N) is 3. The first-order valence-electron chi connectivity index (χ1n) is 9.08. The van der Waals surface area contributed by atoms with Crippen LogP contribution in [-0.2, 0) is 11.3 Å². The molecule has 1 saturated heterocycles. The molecule has 1 aromatic carbocycles. The molecule has 1 aliphatic heterocycles. The first kappa shape index (κ1) is 16.9. The van der Waals surface area contributed by atoms with E-state index in [1.807, 2.05) is 40.7 Å². The maximum atomic E-state index is 12.9. The van der Waals surface area contributed by atoms with E-state index in [0.29, 0.717) is 6.61 Å². The smallest absolute Gasteiger partial charge is 0.264 e. The molecular formula is C20H19N3O2S2. The number of carbonyl (C=O) groups is 1. The highest BCUT2D eigenvalue weighted by Gasteiger charge is 2.26. The third kappa shape index (κ3) is 3.26. The van der Waals surface area contributed by atoms with Gasteiger partial charge in [-0.05, 0) is 24.5 Å². The zero-order valence-electron chi connectivity index (χ0n) is 14.7. The minimum Gasteiger partial charge on any atom is -0.373 e. The lowest BCUT2D eigenvalue weighted by molar-refractivity contribution is -0.000269. The molecule has 1 fully saturated rings. The second-order valence-corrected chi connectivity index (χ2v) is 8.66. The second kappa shape index (κ2) is 7.07. The Kier molecular flexibility index (Phi) is 4.43. The minimum absolute atomic E-state index is 0.114. The van der Waals surface area contributed by atoms with E-state index in [9.17, 15) is 4.79 Å². The quantitative estimate of drug-likeness (QED) is 0.512. The van der Waals surface area contributed by atoms with Crippen molar-refractivity contribution >= 4 is 43.9 Å². The molecule has 0 N–H and O–H groups in total. The maximum absolute atomic E-state index is 12.9. The number of piperidine rings is 1. The van der Waals surface area contributed by atoms with Gasteiger partial charge < -0.3 is 9.64 Å². The number of likely N-dealkylation sites (tertiary alicyclic amines) is 1. The van der Waals surface area contributed by atoms with Crippen LogP contribution in [0.5, 0.6) is 0 Å². The number of benzene rings is 1. The van der Waals surface area contributed by atoms with E-state index >= 15 is 0 Å². The number of aromatic nitrogens is 2. The predicted molar refractivity (Wildman–Crippen MR) is 109 cm³/mol. The SMILES string of the molecule is O=C(c1cc2c(nc3sccn32)s1)N1CCC(OCc2ccccc2)CC1. The van der Waals surface area contributed by atoms with E-state index in [2.05, 4.69) is 21.5 Å². The molecule has 5 rings (SSSR count). The van der Waals surface area contributed by atoms with Crippen LogP contribution in [0.4, 0.5) is 0 Å². The highest BCUT2D eigenvalue weighted by Crippen LogP contribution is 2.29. The molecular weight excluding hydrogens is 378 g/mol. The third-order valence-electron chi connectivity index (χ3n) is 5.01. The molecule has 7 heteroatoms. The molecule has 0 saturated carbocycles.